The quantitative estimate of drug-likeness (QED) is 0.822. The second-order valence-electron chi connectivity index (χ2n) is 4.55. The molecular weight excluding hydrogens is 226 g/mol. The minimum absolute atomic E-state index is 0.209. The number of furan rings is 1. The highest BCUT2D eigenvalue weighted by Crippen LogP contribution is 2.21. The molecule has 1 aromatic carbocycles. The second-order valence-corrected chi connectivity index (χ2v) is 4.55. The summed E-state index contributed by atoms with van der Waals surface area (Å²) in [4.78, 5) is 0. The summed E-state index contributed by atoms with van der Waals surface area (Å²) in [7, 11) is 0. The zero-order valence-electron chi connectivity index (χ0n) is 10.6. The van der Waals surface area contributed by atoms with Crippen molar-refractivity contribution in [2.75, 3.05) is 13.2 Å². The lowest BCUT2D eigenvalue weighted by molar-refractivity contribution is 0.233. The van der Waals surface area contributed by atoms with Crippen LogP contribution in [0.4, 0.5) is 0 Å². The van der Waals surface area contributed by atoms with E-state index in [-0.39, 0.29) is 12.5 Å². The van der Waals surface area contributed by atoms with Crippen LogP contribution in [-0.4, -0.2) is 18.3 Å². The van der Waals surface area contributed by atoms with Crippen molar-refractivity contribution in [2.24, 2.45) is 5.92 Å². The molecule has 1 atom stereocenters. The molecule has 2 aromatic rings. The first-order valence-electron chi connectivity index (χ1n) is 6.25. The Morgan fingerprint density at radius 3 is 2.67 bits per heavy atom. The van der Waals surface area contributed by atoms with E-state index in [9.17, 15) is 0 Å². The van der Waals surface area contributed by atoms with Crippen molar-refractivity contribution in [1.82, 2.24) is 5.32 Å². The first-order valence-corrected chi connectivity index (χ1v) is 6.25. The summed E-state index contributed by atoms with van der Waals surface area (Å²) in [5, 5.41) is 12.2. The summed E-state index contributed by atoms with van der Waals surface area (Å²) in [6.45, 7) is 3.69. The van der Waals surface area contributed by atoms with Gasteiger partial charge in [-0.2, -0.15) is 0 Å². The first kappa shape index (κ1) is 12.9. The Balaban J connectivity index is 1.91. The average molecular weight is 245 g/mol. The fourth-order valence-corrected chi connectivity index (χ4v) is 1.74. The van der Waals surface area contributed by atoms with Crippen LogP contribution in [0.3, 0.4) is 0 Å². The molecule has 3 heteroatoms. The highest BCUT2D eigenvalue weighted by Gasteiger charge is 2.04. The van der Waals surface area contributed by atoms with Crippen molar-refractivity contribution in [3.8, 4) is 11.3 Å². The lowest BCUT2D eigenvalue weighted by Crippen LogP contribution is -2.22. The molecule has 0 aliphatic carbocycles. The molecule has 2 rings (SSSR count). The van der Waals surface area contributed by atoms with E-state index >= 15 is 0 Å². The zero-order chi connectivity index (χ0) is 12.8. The zero-order valence-corrected chi connectivity index (χ0v) is 10.6. The van der Waals surface area contributed by atoms with Gasteiger partial charge >= 0.3 is 0 Å². The average Bonchev–Trinajstić information content (AvgIpc) is 2.88. The molecule has 0 saturated carbocycles. The van der Waals surface area contributed by atoms with Crippen molar-refractivity contribution < 1.29 is 9.52 Å². The number of aliphatic hydroxyl groups excluding tert-OH is 1. The van der Waals surface area contributed by atoms with Crippen molar-refractivity contribution in [3.63, 3.8) is 0 Å². The van der Waals surface area contributed by atoms with E-state index in [1.807, 2.05) is 49.4 Å². The molecule has 1 heterocycles. The van der Waals surface area contributed by atoms with Crippen LogP contribution in [0.25, 0.3) is 11.3 Å². The van der Waals surface area contributed by atoms with E-state index in [1.165, 1.54) is 0 Å². The summed E-state index contributed by atoms with van der Waals surface area (Å²) in [5.41, 5.74) is 1.09. The van der Waals surface area contributed by atoms with Crippen LogP contribution >= 0.6 is 0 Å². The third-order valence-corrected chi connectivity index (χ3v) is 2.82. The van der Waals surface area contributed by atoms with E-state index in [4.69, 9.17) is 9.52 Å². The Labute approximate surface area is 107 Å². The summed E-state index contributed by atoms with van der Waals surface area (Å²) < 4.78 is 5.76. The Morgan fingerprint density at radius 1 is 1.17 bits per heavy atom. The van der Waals surface area contributed by atoms with Crippen molar-refractivity contribution in [3.05, 3.63) is 48.2 Å². The summed E-state index contributed by atoms with van der Waals surface area (Å²) in [6, 6.07) is 14.0. The standard InChI is InChI=1S/C15H19NO2/c1-12(11-17)9-16-10-14-7-8-15(18-14)13-5-3-2-4-6-13/h2-8,12,16-17H,9-11H2,1H3. The monoisotopic (exact) mass is 245 g/mol. The first-order chi connectivity index (χ1) is 8.79. The van der Waals surface area contributed by atoms with Crippen LogP contribution in [0.15, 0.2) is 46.9 Å². The molecule has 0 amide bonds. The highest BCUT2D eigenvalue weighted by molar-refractivity contribution is 5.57. The molecule has 0 saturated heterocycles. The number of aliphatic hydroxyl groups is 1. The Hall–Kier alpha value is -1.58. The molecule has 0 radical (unpaired) electrons. The SMILES string of the molecule is CC(CO)CNCc1ccc(-c2ccccc2)o1. The van der Waals surface area contributed by atoms with E-state index in [2.05, 4.69) is 5.32 Å². The van der Waals surface area contributed by atoms with Gasteiger partial charge in [0, 0.05) is 18.7 Å². The number of hydrogen-bond acceptors (Lipinski definition) is 3. The van der Waals surface area contributed by atoms with Gasteiger partial charge in [0.25, 0.3) is 0 Å². The Bertz CT molecular complexity index is 464. The summed E-state index contributed by atoms with van der Waals surface area (Å²) in [5.74, 6) is 2.08. The lowest BCUT2D eigenvalue weighted by Gasteiger charge is -2.07. The van der Waals surface area contributed by atoms with E-state index < -0.39 is 0 Å². The lowest BCUT2D eigenvalue weighted by atomic mass is 10.2. The van der Waals surface area contributed by atoms with Gasteiger partial charge < -0.3 is 14.8 Å². The minimum Gasteiger partial charge on any atom is -0.460 e. The van der Waals surface area contributed by atoms with Gasteiger partial charge in [0.05, 0.1) is 6.54 Å². The number of hydrogen-bond donors (Lipinski definition) is 2. The maximum atomic E-state index is 8.92. The Morgan fingerprint density at radius 2 is 1.94 bits per heavy atom. The largest absolute Gasteiger partial charge is 0.460 e. The number of rotatable bonds is 6. The van der Waals surface area contributed by atoms with Crippen molar-refractivity contribution in [2.45, 2.75) is 13.5 Å². The molecule has 3 nitrogen and oxygen atoms in total. The fraction of sp³-hybridized carbons (Fsp3) is 0.333. The molecule has 0 aliphatic heterocycles. The molecule has 96 valence electrons. The van der Waals surface area contributed by atoms with Crippen molar-refractivity contribution >= 4 is 0 Å². The molecule has 0 bridgehead atoms. The fourth-order valence-electron chi connectivity index (χ4n) is 1.74. The molecule has 1 unspecified atom stereocenters. The maximum Gasteiger partial charge on any atom is 0.134 e. The number of nitrogens with one attached hydrogen (secondary N) is 1. The summed E-state index contributed by atoms with van der Waals surface area (Å²) in [6.07, 6.45) is 0. The summed E-state index contributed by atoms with van der Waals surface area (Å²) >= 11 is 0. The van der Waals surface area contributed by atoms with Gasteiger partial charge in [0.15, 0.2) is 0 Å². The number of benzene rings is 1. The molecule has 2 N–H and O–H groups in total. The predicted molar refractivity (Wildman–Crippen MR) is 72.1 cm³/mol. The third kappa shape index (κ3) is 3.45. The van der Waals surface area contributed by atoms with Crippen LogP contribution < -0.4 is 5.32 Å². The topological polar surface area (TPSA) is 45.4 Å². The molecule has 1 aromatic heterocycles. The third-order valence-electron chi connectivity index (χ3n) is 2.82. The smallest absolute Gasteiger partial charge is 0.134 e. The van der Waals surface area contributed by atoms with Crippen LogP contribution in [0.2, 0.25) is 0 Å². The van der Waals surface area contributed by atoms with Gasteiger partial charge in [-0.3, -0.25) is 0 Å². The van der Waals surface area contributed by atoms with Gasteiger partial charge in [-0.25, -0.2) is 0 Å². The normalized spacial score (nSPS) is 12.6. The van der Waals surface area contributed by atoms with Gasteiger partial charge in [-0.1, -0.05) is 37.3 Å². The van der Waals surface area contributed by atoms with Gasteiger partial charge in [0.1, 0.15) is 11.5 Å². The molecular formula is C15H19NO2. The molecule has 0 fully saturated rings. The second kappa shape index (κ2) is 6.38. The highest BCUT2D eigenvalue weighted by atomic mass is 16.3. The minimum atomic E-state index is 0.209. The van der Waals surface area contributed by atoms with E-state index in [0.717, 1.165) is 23.6 Å². The van der Waals surface area contributed by atoms with Crippen LogP contribution in [0.1, 0.15) is 12.7 Å². The van der Waals surface area contributed by atoms with Crippen molar-refractivity contribution in [1.29, 1.82) is 0 Å². The van der Waals surface area contributed by atoms with Crippen LogP contribution in [0.5, 0.6) is 0 Å². The van der Waals surface area contributed by atoms with Crippen LogP contribution in [-0.2, 0) is 6.54 Å². The molecule has 0 spiro atoms. The van der Waals surface area contributed by atoms with Crippen LogP contribution in [0, 0.1) is 5.92 Å². The van der Waals surface area contributed by atoms with Gasteiger partial charge in [-0.15, -0.1) is 0 Å². The van der Waals surface area contributed by atoms with Gasteiger partial charge in [0.2, 0.25) is 0 Å². The Kier molecular flexibility index (Phi) is 4.56. The maximum absolute atomic E-state index is 8.92. The van der Waals surface area contributed by atoms with Gasteiger partial charge in [-0.05, 0) is 18.1 Å². The molecule has 0 aliphatic rings. The van der Waals surface area contributed by atoms with E-state index in [0.29, 0.717) is 6.54 Å². The van der Waals surface area contributed by atoms with E-state index in [1.54, 1.807) is 0 Å². The predicted octanol–water partition coefficient (Wildman–Crippen LogP) is 2.66. The molecule has 18 heavy (non-hydrogen) atoms.